The molecule has 2 nitrogen and oxygen atoms in total. The average Bonchev–Trinajstić information content (AvgIpc) is 3.62. The first kappa shape index (κ1) is 30.0. The molecule has 11 rings (SSSR count). The van der Waals surface area contributed by atoms with Crippen LogP contribution in [0.2, 0.25) is 0 Å². The molecular weight excluding hydrogens is 661 g/mol. The quantitative estimate of drug-likeness (QED) is 0.172. The molecule has 246 valence electrons. The van der Waals surface area contributed by atoms with Gasteiger partial charge in [0.1, 0.15) is 0 Å². The lowest BCUT2D eigenvalue weighted by Crippen LogP contribution is -1.89. The molecule has 3 heteroatoms. The lowest BCUT2D eigenvalue weighted by Gasteiger charge is -2.12. The minimum Gasteiger partial charge on any atom is -0.252 e. The van der Waals surface area contributed by atoms with Crippen molar-refractivity contribution in [3.63, 3.8) is 0 Å². The van der Waals surface area contributed by atoms with Crippen molar-refractivity contribution in [2.24, 2.45) is 0 Å². The van der Waals surface area contributed by atoms with E-state index in [1.54, 1.807) is 12.4 Å². The Labute approximate surface area is 310 Å². The van der Waals surface area contributed by atoms with Gasteiger partial charge < -0.3 is 0 Å². The fourth-order valence-electron chi connectivity index (χ4n) is 8.11. The van der Waals surface area contributed by atoms with Gasteiger partial charge in [-0.15, -0.1) is 11.3 Å². The van der Waals surface area contributed by atoms with Gasteiger partial charge >= 0.3 is 0 Å². The minimum atomic E-state index is 0.943. The summed E-state index contributed by atoms with van der Waals surface area (Å²) < 4.78 is 2.69. The van der Waals surface area contributed by atoms with Crippen molar-refractivity contribution in [2.75, 3.05) is 0 Å². The maximum absolute atomic E-state index is 4.73. The van der Waals surface area contributed by atoms with Crippen LogP contribution in [-0.4, -0.2) is 9.97 Å². The lowest BCUT2D eigenvalue weighted by atomic mass is 9.93. The third kappa shape index (κ3) is 4.93. The number of aromatic nitrogens is 2. The van der Waals surface area contributed by atoms with Crippen LogP contribution < -0.4 is 0 Å². The fourth-order valence-corrected chi connectivity index (χ4v) is 9.35. The van der Waals surface area contributed by atoms with Gasteiger partial charge in [0.2, 0.25) is 0 Å². The van der Waals surface area contributed by atoms with Gasteiger partial charge in [0, 0.05) is 43.3 Å². The summed E-state index contributed by atoms with van der Waals surface area (Å²) in [6.45, 7) is 0. The van der Waals surface area contributed by atoms with Gasteiger partial charge in [-0.2, -0.15) is 0 Å². The normalized spacial score (nSPS) is 11.8. The molecule has 0 saturated heterocycles. The van der Waals surface area contributed by atoms with Gasteiger partial charge in [0.05, 0.1) is 11.0 Å². The first-order valence-electron chi connectivity index (χ1n) is 18.0. The SMILES string of the molecule is c1cc(-c2ccc3cc(-c4ccc(-c5cccc6c5sc5ccccc56)cc4)ccc3c2)cc(-c2ccc3c(c2)c2ccccc2c2nccnc32)c1. The highest BCUT2D eigenvalue weighted by molar-refractivity contribution is 7.26. The number of benzene rings is 9. The van der Waals surface area contributed by atoms with Crippen LogP contribution in [-0.2, 0) is 0 Å². The molecule has 0 radical (unpaired) electrons. The summed E-state index contributed by atoms with van der Waals surface area (Å²) >= 11 is 1.88. The van der Waals surface area contributed by atoms with Crippen molar-refractivity contribution < 1.29 is 0 Å². The third-order valence-electron chi connectivity index (χ3n) is 10.7. The van der Waals surface area contributed by atoms with E-state index >= 15 is 0 Å². The molecule has 0 bridgehead atoms. The maximum atomic E-state index is 4.73. The zero-order valence-electron chi connectivity index (χ0n) is 28.6. The highest BCUT2D eigenvalue weighted by Crippen LogP contribution is 2.41. The maximum Gasteiger partial charge on any atom is 0.0971 e. The summed E-state index contributed by atoms with van der Waals surface area (Å²) in [5.41, 5.74) is 11.7. The van der Waals surface area contributed by atoms with Crippen LogP contribution in [0.4, 0.5) is 0 Å². The van der Waals surface area contributed by atoms with E-state index in [4.69, 9.17) is 9.97 Å². The number of thiophene rings is 1. The second-order valence-electron chi connectivity index (χ2n) is 13.8. The fraction of sp³-hybridized carbons (Fsp3) is 0. The summed E-state index contributed by atoms with van der Waals surface area (Å²) in [6, 6.07) is 62.2. The summed E-state index contributed by atoms with van der Waals surface area (Å²) in [7, 11) is 0. The van der Waals surface area contributed by atoms with E-state index < -0.39 is 0 Å². The first-order chi connectivity index (χ1) is 26.2. The van der Waals surface area contributed by atoms with E-state index in [1.165, 1.54) is 86.2 Å². The molecule has 2 aromatic heterocycles. The molecule has 0 aliphatic heterocycles. The van der Waals surface area contributed by atoms with Crippen molar-refractivity contribution in [2.45, 2.75) is 0 Å². The molecule has 0 aliphatic carbocycles. The van der Waals surface area contributed by atoms with Gasteiger partial charge in [-0.25, -0.2) is 0 Å². The topological polar surface area (TPSA) is 25.8 Å². The van der Waals surface area contributed by atoms with Gasteiger partial charge in [-0.3, -0.25) is 9.97 Å². The number of hydrogen-bond acceptors (Lipinski definition) is 3. The highest BCUT2D eigenvalue weighted by Gasteiger charge is 2.13. The number of nitrogens with zero attached hydrogens (tertiary/aromatic N) is 2. The molecule has 53 heavy (non-hydrogen) atoms. The van der Waals surface area contributed by atoms with E-state index in [2.05, 4.69) is 170 Å². The Hall–Kier alpha value is -6.68. The van der Waals surface area contributed by atoms with Gasteiger partial charge in [0.25, 0.3) is 0 Å². The average molecular weight is 691 g/mol. The van der Waals surface area contributed by atoms with Gasteiger partial charge in [0.15, 0.2) is 0 Å². The standard InChI is InChI=1S/C50H30N2S/c1-2-11-43-41(9-1)46-30-39(23-24-44(46)49-48(43)51-25-26-52-49)34-8-5-7-33(27-34)36-21-22-37-28-35(19-20-38(37)29-36)31-15-17-32(18-16-31)40-12-6-13-45-42-10-3-4-14-47(42)53-50(40)45/h1-30H. The zero-order valence-corrected chi connectivity index (χ0v) is 29.4. The molecule has 0 spiro atoms. The Morgan fingerprint density at radius 1 is 0.321 bits per heavy atom. The molecule has 0 atom stereocenters. The van der Waals surface area contributed by atoms with Crippen LogP contribution in [0.3, 0.4) is 0 Å². The Morgan fingerprint density at radius 2 is 0.849 bits per heavy atom. The monoisotopic (exact) mass is 690 g/mol. The molecule has 11 aromatic rings. The van der Waals surface area contributed by atoms with Gasteiger partial charge in [-0.1, -0.05) is 140 Å². The minimum absolute atomic E-state index is 0.943. The van der Waals surface area contributed by atoms with E-state index in [1.807, 2.05) is 11.3 Å². The van der Waals surface area contributed by atoms with E-state index in [0.717, 1.165) is 21.8 Å². The van der Waals surface area contributed by atoms with Crippen molar-refractivity contribution in [1.29, 1.82) is 0 Å². The Morgan fingerprint density at radius 3 is 1.60 bits per heavy atom. The number of rotatable bonds is 4. The summed E-state index contributed by atoms with van der Waals surface area (Å²) in [6.07, 6.45) is 3.56. The molecule has 0 aliphatic rings. The zero-order chi connectivity index (χ0) is 34.9. The predicted molar refractivity (Wildman–Crippen MR) is 227 cm³/mol. The molecule has 9 aromatic carbocycles. The lowest BCUT2D eigenvalue weighted by molar-refractivity contribution is 1.31. The largest absolute Gasteiger partial charge is 0.252 e. The van der Waals surface area contributed by atoms with Crippen LogP contribution in [0, 0.1) is 0 Å². The summed E-state index contributed by atoms with van der Waals surface area (Å²) in [5, 5.41) is 9.78. The van der Waals surface area contributed by atoms with Crippen LogP contribution in [0.15, 0.2) is 182 Å². The second kappa shape index (κ2) is 11.9. The summed E-state index contributed by atoms with van der Waals surface area (Å²) in [5.74, 6) is 0. The molecule has 0 amide bonds. The van der Waals surface area contributed by atoms with Crippen molar-refractivity contribution >= 4 is 74.9 Å². The summed E-state index contributed by atoms with van der Waals surface area (Å²) in [4.78, 5) is 9.42. The number of fused-ring (bicyclic) bond motifs is 10. The molecule has 0 unspecified atom stereocenters. The Bertz CT molecular complexity index is 3190. The van der Waals surface area contributed by atoms with Crippen LogP contribution in [0.25, 0.3) is 108 Å². The Kier molecular flexibility index (Phi) is 6.76. The van der Waals surface area contributed by atoms with E-state index in [0.29, 0.717) is 0 Å². The predicted octanol–water partition coefficient (Wildman–Crippen LogP) is 14.1. The molecule has 2 heterocycles. The molecular formula is C50H30N2S. The van der Waals surface area contributed by atoms with E-state index in [9.17, 15) is 0 Å². The van der Waals surface area contributed by atoms with E-state index in [-0.39, 0.29) is 0 Å². The molecule has 0 fully saturated rings. The molecule has 0 saturated carbocycles. The smallest absolute Gasteiger partial charge is 0.0971 e. The number of hydrogen-bond donors (Lipinski definition) is 0. The van der Waals surface area contributed by atoms with Crippen LogP contribution >= 0.6 is 11.3 Å². The van der Waals surface area contributed by atoms with Gasteiger partial charge in [-0.05, 0) is 96.4 Å². The first-order valence-corrected chi connectivity index (χ1v) is 18.8. The van der Waals surface area contributed by atoms with Crippen molar-refractivity contribution in [3.05, 3.63) is 182 Å². The second-order valence-corrected chi connectivity index (χ2v) is 14.8. The highest BCUT2D eigenvalue weighted by atomic mass is 32.1. The Balaban J connectivity index is 0.911. The molecule has 0 N–H and O–H groups in total. The van der Waals surface area contributed by atoms with Crippen molar-refractivity contribution in [1.82, 2.24) is 9.97 Å². The van der Waals surface area contributed by atoms with Crippen LogP contribution in [0.5, 0.6) is 0 Å². The van der Waals surface area contributed by atoms with Crippen LogP contribution in [0.1, 0.15) is 0 Å². The third-order valence-corrected chi connectivity index (χ3v) is 12.0. The van der Waals surface area contributed by atoms with Crippen molar-refractivity contribution in [3.8, 4) is 44.5 Å².